The molecule has 0 fully saturated rings. The molecular formula is C20H25N3O3. The van der Waals surface area contributed by atoms with E-state index in [1.54, 1.807) is 12.4 Å². The molecule has 1 aliphatic heterocycles. The molecular weight excluding hydrogens is 330 g/mol. The van der Waals surface area contributed by atoms with Gasteiger partial charge in [-0.3, -0.25) is 4.79 Å². The predicted octanol–water partition coefficient (Wildman–Crippen LogP) is 3.46. The molecule has 0 radical (unpaired) electrons. The Morgan fingerprint density at radius 1 is 1.00 bits per heavy atom. The standard InChI is InChI=1S/C20H25N3O3/c1-19(2,3)17-21-11-14(12-22-17)23-18(24)20(4,5)13-6-7-15-16(10-13)26-9-8-25-15/h6-7,10-12H,8-9H2,1-5H3,(H,23,24). The fourth-order valence-electron chi connectivity index (χ4n) is 2.63. The molecule has 138 valence electrons. The van der Waals surface area contributed by atoms with Gasteiger partial charge in [0.25, 0.3) is 0 Å². The molecule has 1 aromatic carbocycles. The zero-order valence-corrected chi connectivity index (χ0v) is 15.9. The van der Waals surface area contributed by atoms with Gasteiger partial charge in [-0.25, -0.2) is 9.97 Å². The molecule has 2 heterocycles. The minimum absolute atomic E-state index is 0.132. The smallest absolute Gasteiger partial charge is 0.234 e. The van der Waals surface area contributed by atoms with Gasteiger partial charge in [-0.1, -0.05) is 26.8 Å². The Hall–Kier alpha value is -2.63. The maximum atomic E-state index is 12.8. The summed E-state index contributed by atoms with van der Waals surface area (Å²) in [6.07, 6.45) is 3.29. The average molecular weight is 355 g/mol. The van der Waals surface area contributed by atoms with Gasteiger partial charge in [-0.05, 0) is 31.5 Å². The summed E-state index contributed by atoms with van der Waals surface area (Å²) in [7, 11) is 0. The second-order valence-electron chi connectivity index (χ2n) is 7.98. The normalized spacial score (nSPS) is 14.0. The van der Waals surface area contributed by atoms with E-state index in [1.807, 2.05) is 52.8 Å². The van der Waals surface area contributed by atoms with E-state index in [4.69, 9.17) is 9.47 Å². The van der Waals surface area contributed by atoms with Crippen molar-refractivity contribution in [1.82, 2.24) is 9.97 Å². The van der Waals surface area contributed by atoms with Crippen LogP contribution in [0.15, 0.2) is 30.6 Å². The van der Waals surface area contributed by atoms with Crippen molar-refractivity contribution in [2.45, 2.75) is 45.4 Å². The minimum atomic E-state index is -0.751. The van der Waals surface area contributed by atoms with Crippen LogP contribution >= 0.6 is 0 Å². The highest BCUT2D eigenvalue weighted by molar-refractivity contribution is 5.98. The molecule has 0 aliphatic carbocycles. The molecule has 3 rings (SSSR count). The molecule has 2 aromatic rings. The molecule has 1 N–H and O–H groups in total. The Labute approximate surface area is 154 Å². The van der Waals surface area contributed by atoms with Crippen molar-refractivity contribution in [2.24, 2.45) is 0 Å². The van der Waals surface area contributed by atoms with Gasteiger partial charge in [0, 0.05) is 5.41 Å². The van der Waals surface area contributed by atoms with E-state index in [0.717, 1.165) is 11.4 Å². The van der Waals surface area contributed by atoms with Crippen LogP contribution in [0.5, 0.6) is 11.5 Å². The number of aromatic nitrogens is 2. The number of nitrogens with one attached hydrogen (secondary N) is 1. The maximum Gasteiger partial charge on any atom is 0.234 e. The van der Waals surface area contributed by atoms with Gasteiger partial charge in [0.1, 0.15) is 19.0 Å². The van der Waals surface area contributed by atoms with Crippen molar-refractivity contribution in [3.05, 3.63) is 42.0 Å². The lowest BCUT2D eigenvalue weighted by Crippen LogP contribution is -2.35. The maximum absolute atomic E-state index is 12.8. The summed E-state index contributed by atoms with van der Waals surface area (Å²) in [4.78, 5) is 21.6. The minimum Gasteiger partial charge on any atom is -0.486 e. The van der Waals surface area contributed by atoms with Crippen molar-refractivity contribution in [2.75, 3.05) is 18.5 Å². The van der Waals surface area contributed by atoms with E-state index < -0.39 is 5.41 Å². The van der Waals surface area contributed by atoms with Gasteiger partial charge < -0.3 is 14.8 Å². The highest BCUT2D eigenvalue weighted by atomic mass is 16.6. The molecule has 0 saturated carbocycles. The summed E-state index contributed by atoms with van der Waals surface area (Å²) < 4.78 is 11.2. The van der Waals surface area contributed by atoms with Crippen molar-refractivity contribution in [3.8, 4) is 11.5 Å². The van der Waals surface area contributed by atoms with Crippen LogP contribution in [0.25, 0.3) is 0 Å². The van der Waals surface area contributed by atoms with Crippen LogP contribution in [0.2, 0.25) is 0 Å². The quantitative estimate of drug-likeness (QED) is 0.913. The van der Waals surface area contributed by atoms with E-state index in [0.29, 0.717) is 30.4 Å². The molecule has 0 saturated heterocycles. The fraction of sp³-hybridized carbons (Fsp3) is 0.450. The molecule has 0 spiro atoms. The highest BCUT2D eigenvalue weighted by Gasteiger charge is 2.31. The Bertz CT molecular complexity index is 808. The number of carbonyl (C=O) groups is 1. The van der Waals surface area contributed by atoms with Crippen LogP contribution < -0.4 is 14.8 Å². The number of nitrogens with zero attached hydrogens (tertiary/aromatic N) is 2. The van der Waals surface area contributed by atoms with Crippen LogP contribution in [-0.4, -0.2) is 29.1 Å². The van der Waals surface area contributed by atoms with E-state index >= 15 is 0 Å². The second kappa shape index (κ2) is 6.59. The van der Waals surface area contributed by atoms with Crippen LogP contribution in [0.3, 0.4) is 0 Å². The Balaban J connectivity index is 1.78. The Morgan fingerprint density at radius 2 is 1.62 bits per heavy atom. The van der Waals surface area contributed by atoms with Gasteiger partial charge >= 0.3 is 0 Å². The third-order valence-corrected chi connectivity index (χ3v) is 4.41. The number of hydrogen-bond donors (Lipinski definition) is 1. The van der Waals surface area contributed by atoms with Gasteiger partial charge in [-0.15, -0.1) is 0 Å². The first-order chi connectivity index (χ1) is 12.2. The number of fused-ring (bicyclic) bond motifs is 1. The Morgan fingerprint density at radius 3 is 2.23 bits per heavy atom. The summed E-state index contributed by atoms with van der Waals surface area (Å²) in [6, 6.07) is 5.61. The van der Waals surface area contributed by atoms with Crippen molar-refractivity contribution < 1.29 is 14.3 Å². The highest BCUT2D eigenvalue weighted by Crippen LogP contribution is 2.35. The molecule has 1 amide bonds. The largest absolute Gasteiger partial charge is 0.486 e. The van der Waals surface area contributed by atoms with Crippen LogP contribution in [0, 0.1) is 0 Å². The summed E-state index contributed by atoms with van der Waals surface area (Å²) >= 11 is 0. The molecule has 6 heteroatoms. The SMILES string of the molecule is CC(C)(C)c1ncc(NC(=O)C(C)(C)c2ccc3c(c2)OCCO3)cn1. The zero-order valence-electron chi connectivity index (χ0n) is 15.9. The lowest BCUT2D eigenvalue weighted by Gasteiger charge is -2.26. The van der Waals surface area contributed by atoms with E-state index in [1.165, 1.54) is 0 Å². The lowest BCUT2D eigenvalue weighted by molar-refractivity contribution is -0.120. The first-order valence-electron chi connectivity index (χ1n) is 8.72. The first-order valence-corrected chi connectivity index (χ1v) is 8.72. The molecule has 0 bridgehead atoms. The number of ether oxygens (including phenoxy) is 2. The van der Waals surface area contributed by atoms with Crippen molar-refractivity contribution >= 4 is 11.6 Å². The van der Waals surface area contributed by atoms with Crippen LogP contribution in [0.4, 0.5) is 5.69 Å². The number of amides is 1. The van der Waals surface area contributed by atoms with Crippen molar-refractivity contribution in [1.29, 1.82) is 0 Å². The number of hydrogen-bond acceptors (Lipinski definition) is 5. The fourth-order valence-corrected chi connectivity index (χ4v) is 2.63. The van der Waals surface area contributed by atoms with Gasteiger partial charge in [-0.2, -0.15) is 0 Å². The second-order valence-corrected chi connectivity index (χ2v) is 7.98. The summed E-state index contributed by atoms with van der Waals surface area (Å²) in [5, 5.41) is 2.90. The molecule has 26 heavy (non-hydrogen) atoms. The number of anilines is 1. The van der Waals surface area contributed by atoms with Crippen LogP contribution in [-0.2, 0) is 15.6 Å². The molecule has 6 nitrogen and oxygen atoms in total. The van der Waals surface area contributed by atoms with Gasteiger partial charge in [0.2, 0.25) is 5.91 Å². The molecule has 1 aliphatic rings. The number of carbonyl (C=O) groups excluding carboxylic acids is 1. The summed E-state index contributed by atoms with van der Waals surface area (Å²) in [5.74, 6) is 1.98. The molecule has 0 atom stereocenters. The summed E-state index contributed by atoms with van der Waals surface area (Å²) in [5.41, 5.74) is 0.547. The molecule has 1 aromatic heterocycles. The average Bonchev–Trinajstić information content (AvgIpc) is 2.61. The predicted molar refractivity (Wildman–Crippen MR) is 99.8 cm³/mol. The van der Waals surface area contributed by atoms with Gasteiger partial charge in [0.05, 0.1) is 23.5 Å². The van der Waals surface area contributed by atoms with Gasteiger partial charge in [0.15, 0.2) is 11.5 Å². The number of benzene rings is 1. The van der Waals surface area contributed by atoms with E-state index in [-0.39, 0.29) is 11.3 Å². The summed E-state index contributed by atoms with van der Waals surface area (Å²) in [6.45, 7) is 10.9. The lowest BCUT2D eigenvalue weighted by atomic mass is 9.83. The zero-order chi connectivity index (χ0) is 18.9. The third kappa shape index (κ3) is 3.64. The Kier molecular flexibility index (Phi) is 4.61. The van der Waals surface area contributed by atoms with E-state index in [9.17, 15) is 4.79 Å². The topological polar surface area (TPSA) is 73.3 Å². The third-order valence-electron chi connectivity index (χ3n) is 4.41. The molecule has 0 unspecified atom stereocenters. The number of rotatable bonds is 3. The van der Waals surface area contributed by atoms with Crippen molar-refractivity contribution in [3.63, 3.8) is 0 Å². The first kappa shape index (κ1) is 18.2. The van der Waals surface area contributed by atoms with E-state index in [2.05, 4.69) is 15.3 Å². The monoisotopic (exact) mass is 355 g/mol. The van der Waals surface area contributed by atoms with Crippen LogP contribution in [0.1, 0.15) is 46.0 Å².